The Morgan fingerprint density at radius 2 is 2.21 bits per heavy atom. The lowest BCUT2D eigenvalue weighted by atomic mass is 10.1. The zero-order valence-electron chi connectivity index (χ0n) is 16.2. The van der Waals surface area contributed by atoms with Gasteiger partial charge in [0.1, 0.15) is 6.04 Å². The van der Waals surface area contributed by atoms with Gasteiger partial charge in [-0.05, 0) is 38.0 Å². The van der Waals surface area contributed by atoms with Gasteiger partial charge in [-0.25, -0.2) is 4.98 Å². The lowest BCUT2D eigenvalue weighted by molar-refractivity contribution is -0.135. The number of benzene rings is 1. The zero-order valence-corrected chi connectivity index (χ0v) is 17.8. The number of carbonyl (C=O) groups excluding carboxylic acids is 2. The van der Waals surface area contributed by atoms with E-state index in [1.807, 2.05) is 32.0 Å². The van der Waals surface area contributed by atoms with E-state index in [0.29, 0.717) is 23.7 Å². The van der Waals surface area contributed by atoms with E-state index in [2.05, 4.69) is 10.3 Å². The van der Waals surface area contributed by atoms with Crippen LogP contribution in [0.2, 0.25) is 0 Å². The first kappa shape index (κ1) is 18.7. The molecule has 2 fully saturated rings. The molecule has 1 aromatic heterocycles. The van der Waals surface area contributed by atoms with Gasteiger partial charge in [-0.15, -0.1) is 23.1 Å². The molecule has 0 unspecified atom stereocenters. The maximum atomic E-state index is 12.9. The molecule has 0 aliphatic carbocycles. The molecule has 0 bridgehead atoms. The van der Waals surface area contributed by atoms with Crippen LogP contribution in [0.3, 0.4) is 0 Å². The van der Waals surface area contributed by atoms with Crippen molar-refractivity contribution in [3.8, 4) is 11.5 Å². The molecule has 1 N–H and O–H groups in total. The first-order valence-electron chi connectivity index (χ1n) is 9.55. The number of rotatable bonds is 4. The Balaban J connectivity index is 1.29. The standard InChI is InChI=1S/C20H21N3O4S2/c1-11-16(8-12-3-4-14-15(7-12)27-10-26-14)29-19(21-11)22-18(25)13-9-28-20(2)6-5-17(24)23(13)20/h3-4,7,13H,5-6,8-10H2,1-2H3,(H,21,22,25)/t13-,20-/m1/s1. The monoisotopic (exact) mass is 431 g/mol. The first-order chi connectivity index (χ1) is 13.9. The van der Waals surface area contributed by atoms with Gasteiger partial charge in [-0.1, -0.05) is 6.07 Å². The van der Waals surface area contributed by atoms with Crippen LogP contribution in [0.5, 0.6) is 11.5 Å². The summed E-state index contributed by atoms with van der Waals surface area (Å²) in [7, 11) is 0. The van der Waals surface area contributed by atoms with Crippen LogP contribution < -0.4 is 14.8 Å². The fraction of sp³-hybridized carbons (Fsp3) is 0.450. The van der Waals surface area contributed by atoms with Crippen LogP contribution >= 0.6 is 23.1 Å². The van der Waals surface area contributed by atoms with Crippen molar-refractivity contribution in [1.29, 1.82) is 0 Å². The number of aromatic nitrogens is 1. The lowest BCUT2D eigenvalue weighted by Gasteiger charge is -2.29. The molecule has 0 spiro atoms. The minimum absolute atomic E-state index is 0.0662. The topological polar surface area (TPSA) is 80.8 Å². The molecule has 2 amide bonds. The summed E-state index contributed by atoms with van der Waals surface area (Å²) in [6, 6.07) is 5.48. The average Bonchev–Trinajstić information content (AvgIpc) is 3.42. The Morgan fingerprint density at radius 3 is 3.07 bits per heavy atom. The van der Waals surface area contributed by atoms with E-state index in [4.69, 9.17) is 9.47 Å². The van der Waals surface area contributed by atoms with E-state index in [0.717, 1.165) is 34.1 Å². The summed E-state index contributed by atoms with van der Waals surface area (Å²) in [5.74, 6) is 2.06. The van der Waals surface area contributed by atoms with Crippen molar-refractivity contribution in [2.75, 3.05) is 17.9 Å². The minimum Gasteiger partial charge on any atom is -0.454 e. The van der Waals surface area contributed by atoms with Crippen molar-refractivity contribution in [1.82, 2.24) is 9.88 Å². The molecule has 29 heavy (non-hydrogen) atoms. The van der Waals surface area contributed by atoms with Crippen LogP contribution in [0.4, 0.5) is 5.13 Å². The Hall–Kier alpha value is -2.26. The third-order valence-corrected chi connectivity index (χ3v) is 8.25. The highest BCUT2D eigenvalue weighted by Gasteiger charge is 2.53. The summed E-state index contributed by atoms with van der Waals surface area (Å²) >= 11 is 3.17. The highest BCUT2D eigenvalue weighted by molar-refractivity contribution is 8.01. The summed E-state index contributed by atoms with van der Waals surface area (Å²) in [5.41, 5.74) is 2.00. The summed E-state index contributed by atoms with van der Waals surface area (Å²) < 4.78 is 10.8. The van der Waals surface area contributed by atoms with Crippen LogP contribution in [0.1, 0.15) is 35.9 Å². The number of aryl methyl sites for hydroxylation is 1. The quantitative estimate of drug-likeness (QED) is 0.801. The number of anilines is 1. The predicted molar refractivity (Wildman–Crippen MR) is 112 cm³/mol. The minimum atomic E-state index is -0.429. The van der Waals surface area contributed by atoms with Crippen molar-refractivity contribution in [2.45, 2.75) is 44.0 Å². The van der Waals surface area contributed by atoms with E-state index >= 15 is 0 Å². The largest absolute Gasteiger partial charge is 0.454 e. The van der Waals surface area contributed by atoms with Gasteiger partial charge in [0.25, 0.3) is 0 Å². The number of nitrogens with zero attached hydrogens (tertiary/aromatic N) is 2. The van der Waals surface area contributed by atoms with Gasteiger partial charge in [0.2, 0.25) is 18.6 Å². The second-order valence-corrected chi connectivity index (χ2v) is 10.2. The molecule has 4 heterocycles. The van der Waals surface area contributed by atoms with E-state index in [-0.39, 0.29) is 23.5 Å². The van der Waals surface area contributed by atoms with Gasteiger partial charge in [0, 0.05) is 23.5 Å². The van der Waals surface area contributed by atoms with Gasteiger partial charge in [-0.3, -0.25) is 9.59 Å². The number of hydrogen-bond donors (Lipinski definition) is 1. The van der Waals surface area contributed by atoms with Crippen LogP contribution in [-0.4, -0.2) is 45.2 Å². The maximum Gasteiger partial charge on any atom is 0.249 e. The molecule has 5 rings (SSSR count). The lowest BCUT2D eigenvalue weighted by Crippen LogP contribution is -2.48. The number of thioether (sulfide) groups is 1. The SMILES string of the molecule is Cc1nc(NC(=O)[C@H]2CS[C@]3(C)CCC(=O)N23)sc1Cc1ccc2c(c1)OCO2. The van der Waals surface area contributed by atoms with E-state index in [1.165, 1.54) is 11.3 Å². The van der Waals surface area contributed by atoms with Gasteiger partial charge >= 0.3 is 0 Å². The second kappa shape index (κ2) is 6.91. The second-order valence-electron chi connectivity index (χ2n) is 7.65. The number of nitrogens with one attached hydrogen (secondary N) is 1. The highest BCUT2D eigenvalue weighted by Crippen LogP contribution is 2.47. The number of fused-ring (bicyclic) bond motifs is 2. The molecule has 2 atom stereocenters. The number of hydrogen-bond acceptors (Lipinski definition) is 7. The molecule has 0 radical (unpaired) electrons. The average molecular weight is 432 g/mol. The van der Waals surface area contributed by atoms with Crippen LogP contribution in [-0.2, 0) is 16.0 Å². The summed E-state index contributed by atoms with van der Waals surface area (Å²) in [6.45, 7) is 4.25. The molecule has 2 aromatic rings. The van der Waals surface area contributed by atoms with Crippen molar-refractivity contribution in [3.05, 3.63) is 34.3 Å². The summed E-state index contributed by atoms with van der Waals surface area (Å²) in [6.07, 6.45) is 2.03. The van der Waals surface area contributed by atoms with Gasteiger partial charge in [0.05, 0.1) is 10.6 Å². The van der Waals surface area contributed by atoms with E-state index in [9.17, 15) is 9.59 Å². The van der Waals surface area contributed by atoms with Crippen LogP contribution in [0.15, 0.2) is 18.2 Å². The molecule has 9 heteroatoms. The fourth-order valence-electron chi connectivity index (χ4n) is 4.09. The van der Waals surface area contributed by atoms with E-state index in [1.54, 1.807) is 16.7 Å². The number of ether oxygens (including phenoxy) is 2. The molecule has 152 valence electrons. The Labute approximate surface area is 176 Å². The third kappa shape index (κ3) is 3.26. The smallest absolute Gasteiger partial charge is 0.249 e. The highest BCUT2D eigenvalue weighted by atomic mass is 32.2. The molecule has 0 saturated carbocycles. The molecule has 3 aliphatic rings. The Morgan fingerprint density at radius 1 is 1.38 bits per heavy atom. The summed E-state index contributed by atoms with van der Waals surface area (Å²) in [5, 5.41) is 3.52. The third-order valence-electron chi connectivity index (χ3n) is 5.67. The van der Waals surface area contributed by atoms with Crippen molar-refractivity contribution >= 4 is 40.0 Å². The van der Waals surface area contributed by atoms with Gasteiger partial charge < -0.3 is 19.7 Å². The number of thiazole rings is 1. The molecule has 1 aromatic carbocycles. The Bertz CT molecular complexity index is 1010. The Kier molecular flexibility index (Phi) is 4.47. The fourth-order valence-corrected chi connectivity index (χ4v) is 6.52. The molecule has 3 aliphatic heterocycles. The predicted octanol–water partition coefficient (Wildman–Crippen LogP) is 3.16. The molecule has 2 saturated heterocycles. The van der Waals surface area contributed by atoms with Crippen molar-refractivity contribution < 1.29 is 19.1 Å². The van der Waals surface area contributed by atoms with E-state index < -0.39 is 6.04 Å². The summed E-state index contributed by atoms with van der Waals surface area (Å²) in [4.78, 5) is 32.3. The molecular formula is C20H21N3O4S2. The van der Waals surface area contributed by atoms with Gasteiger partial charge in [-0.2, -0.15) is 0 Å². The number of amides is 2. The van der Waals surface area contributed by atoms with Crippen LogP contribution in [0, 0.1) is 6.92 Å². The normalized spacial score (nSPS) is 24.8. The molecular weight excluding hydrogens is 410 g/mol. The van der Waals surface area contributed by atoms with Crippen molar-refractivity contribution in [2.24, 2.45) is 0 Å². The first-order valence-corrected chi connectivity index (χ1v) is 11.3. The maximum absolute atomic E-state index is 12.9. The van der Waals surface area contributed by atoms with Gasteiger partial charge in [0.15, 0.2) is 16.6 Å². The van der Waals surface area contributed by atoms with Crippen LogP contribution in [0.25, 0.3) is 0 Å². The zero-order chi connectivity index (χ0) is 20.2. The van der Waals surface area contributed by atoms with Crippen molar-refractivity contribution in [3.63, 3.8) is 0 Å². The number of carbonyl (C=O) groups is 2. The molecule has 7 nitrogen and oxygen atoms in total.